The zero-order valence-electron chi connectivity index (χ0n) is 17.9. The van der Waals surface area contributed by atoms with Gasteiger partial charge in [0.05, 0.1) is 6.61 Å². The van der Waals surface area contributed by atoms with Crippen LogP contribution in [0, 0.1) is 6.92 Å². The SMILES string of the molecule is CCOC(=O)c1sc2ccccc2c1S(=O)(=O)N1CCN(c2cccc(C)c2)[C@H](C)C1. The van der Waals surface area contributed by atoms with Gasteiger partial charge in [0.2, 0.25) is 10.0 Å². The number of ether oxygens (including phenoxy) is 1. The summed E-state index contributed by atoms with van der Waals surface area (Å²) >= 11 is 1.17. The lowest BCUT2D eigenvalue weighted by atomic mass is 10.1. The van der Waals surface area contributed by atoms with E-state index in [4.69, 9.17) is 4.74 Å². The van der Waals surface area contributed by atoms with Crippen LogP contribution in [0.3, 0.4) is 0 Å². The summed E-state index contributed by atoms with van der Waals surface area (Å²) in [5.41, 5.74) is 2.27. The maximum atomic E-state index is 13.7. The molecule has 4 rings (SSSR count). The first-order valence-electron chi connectivity index (χ1n) is 10.3. The predicted molar refractivity (Wildman–Crippen MR) is 125 cm³/mol. The second kappa shape index (κ2) is 8.61. The second-order valence-electron chi connectivity index (χ2n) is 7.72. The van der Waals surface area contributed by atoms with Crippen LogP contribution in [0.15, 0.2) is 53.4 Å². The second-order valence-corrected chi connectivity index (χ2v) is 10.6. The highest BCUT2D eigenvalue weighted by Crippen LogP contribution is 2.37. The Kier molecular flexibility index (Phi) is 6.05. The molecule has 0 N–H and O–H groups in total. The van der Waals surface area contributed by atoms with E-state index in [9.17, 15) is 13.2 Å². The van der Waals surface area contributed by atoms with Crippen LogP contribution < -0.4 is 4.90 Å². The highest BCUT2D eigenvalue weighted by atomic mass is 32.2. The molecule has 2 heterocycles. The first kappa shape index (κ1) is 21.8. The number of rotatable bonds is 5. The number of sulfonamides is 1. The molecule has 1 saturated heterocycles. The quantitative estimate of drug-likeness (QED) is 0.534. The van der Waals surface area contributed by atoms with Gasteiger partial charge in [0.25, 0.3) is 0 Å². The molecule has 0 bridgehead atoms. The van der Waals surface area contributed by atoms with Crippen LogP contribution in [-0.2, 0) is 14.8 Å². The Morgan fingerprint density at radius 1 is 1.16 bits per heavy atom. The number of nitrogens with zero attached hydrogens (tertiary/aromatic N) is 2. The van der Waals surface area contributed by atoms with Gasteiger partial charge in [0.1, 0.15) is 9.77 Å². The smallest absolute Gasteiger partial charge is 0.349 e. The van der Waals surface area contributed by atoms with Crippen molar-refractivity contribution in [2.24, 2.45) is 0 Å². The Morgan fingerprint density at radius 3 is 2.65 bits per heavy atom. The fraction of sp³-hybridized carbons (Fsp3) is 0.348. The monoisotopic (exact) mass is 458 g/mol. The summed E-state index contributed by atoms with van der Waals surface area (Å²) in [7, 11) is -3.87. The molecule has 1 fully saturated rings. The van der Waals surface area contributed by atoms with E-state index in [1.54, 1.807) is 19.1 Å². The van der Waals surface area contributed by atoms with E-state index in [-0.39, 0.29) is 22.4 Å². The number of thiophene rings is 1. The molecule has 0 radical (unpaired) electrons. The van der Waals surface area contributed by atoms with E-state index in [2.05, 4.69) is 17.0 Å². The number of anilines is 1. The van der Waals surface area contributed by atoms with Crippen LogP contribution >= 0.6 is 11.3 Å². The molecule has 6 nitrogen and oxygen atoms in total. The maximum absolute atomic E-state index is 13.7. The van der Waals surface area contributed by atoms with Crippen LogP contribution in [0.5, 0.6) is 0 Å². The van der Waals surface area contributed by atoms with E-state index < -0.39 is 16.0 Å². The molecule has 1 atom stereocenters. The topological polar surface area (TPSA) is 66.9 Å². The van der Waals surface area contributed by atoms with Crippen molar-refractivity contribution in [3.8, 4) is 0 Å². The number of hydrogen-bond donors (Lipinski definition) is 0. The molecular weight excluding hydrogens is 432 g/mol. The van der Waals surface area contributed by atoms with Crippen molar-refractivity contribution in [3.05, 3.63) is 59.0 Å². The normalized spacial score (nSPS) is 17.8. The molecular formula is C23H26N2O4S2. The molecule has 164 valence electrons. The molecule has 1 aliphatic rings. The Morgan fingerprint density at radius 2 is 1.94 bits per heavy atom. The summed E-state index contributed by atoms with van der Waals surface area (Å²) in [6.07, 6.45) is 0. The zero-order chi connectivity index (χ0) is 22.2. The van der Waals surface area contributed by atoms with Gasteiger partial charge in [-0.05, 0) is 44.5 Å². The number of hydrogen-bond acceptors (Lipinski definition) is 6. The fourth-order valence-electron chi connectivity index (χ4n) is 4.07. The minimum absolute atomic E-state index is 0.00117. The van der Waals surface area contributed by atoms with Crippen LogP contribution in [0.1, 0.15) is 29.1 Å². The van der Waals surface area contributed by atoms with E-state index in [1.165, 1.54) is 21.2 Å². The number of esters is 1. The number of aryl methyl sites for hydroxylation is 1. The lowest BCUT2D eigenvalue weighted by Crippen LogP contribution is -2.53. The number of piperazine rings is 1. The number of benzene rings is 2. The lowest BCUT2D eigenvalue weighted by molar-refractivity contribution is 0.0528. The van der Waals surface area contributed by atoms with Crippen molar-refractivity contribution in [1.29, 1.82) is 0 Å². The Bertz CT molecular complexity index is 1220. The Hall–Kier alpha value is -2.42. The van der Waals surface area contributed by atoms with Crippen LogP contribution in [0.2, 0.25) is 0 Å². The fourth-order valence-corrected chi connectivity index (χ4v) is 7.33. The third kappa shape index (κ3) is 4.07. The molecule has 0 spiro atoms. The number of carbonyl (C=O) groups is 1. The van der Waals surface area contributed by atoms with Crippen LogP contribution in [-0.4, -0.2) is 51.0 Å². The van der Waals surface area contributed by atoms with Crippen molar-refractivity contribution < 1.29 is 17.9 Å². The number of carbonyl (C=O) groups excluding carboxylic acids is 1. The third-order valence-corrected chi connectivity index (χ3v) is 8.76. The first-order chi connectivity index (χ1) is 14.8. The molecule has 3 aromatic rings. The summed E-state index contributed by atoms with van der Waals surface area (Å²) in [6.45, 7) is 7.27. The van der Waals surface area contributed by atoms with Gasteiger partial charge in [-0.1, -0.05) is 30.3 Å². The minimum atomic E-state index is -3.87. The first-order valence-corrected chi connectivity index (χ1v) is 12.6. The van der Waals surface area contributed by atoms with Gasteiger partial charge in [0, 0.05) is 41.4 Å². The summed E-state index contributed by atoms with van der Waals surface area (Å²) in [4.78, 5) is 15.0. The molecule has 8 heteroatoms. The molecule has 1 aliphatic heterocycles. The highest BCUT2D eigenvalue weighted by molar-refractivity contribution is 7.89. The van der Waals surface area contributed by atoms with Gasteiger partial charge in [-0.3, -0.25) is 0 Å². The van der Waals surface area contributed by atoms with Crippen LogP contribution in [0.25, 0.3) is 10.1 Å². The van der Waals surface area contributed by atoms with Gasteiger partial charge in [0.15, 0.2) is 0 Å². The number of fused-ring (bicyclic) bond motifs is 1. The van der Waals surface area contributed by atoms with Crippen molar-refractivity contribution >= 4 is 43.1 Å². The van der Waals surface area contributed by atoms with Gasteiger partial charge >= 0.3 is 5.97 Å². The van der Waals surface area contributed by atoms with Crippen LogP contribution in [0.4, 0.5) is 5.69 Å². The summed E-state index contributed by atoms with van der Waals surface area (Å²) < 4.78 is 34.9. The van der Waals surface area contributed by atoms with Gasteiger partial charge in [-0.2, -0.15) is 4.31 Å². The Labute approximate surface area is 187 Å². The Balaban J connectivity index is 1.69. The van der Waals surface area contributed by atoms with Gasteiger partial charge in [-0.15, -0.1) is 11.3 Å². The predicted octanol–water partition coefficient (Wildman–Crippen LogP) is 4.29. The molecule has 31 heavy (non-hydrogen) atoms. The van der Waals surface area contributed by atoms with Crippen molar-refractivity contribution in [1.82, 2.24) is 4.31 Å². The van der Waals surface area contributed by atoms with Crippen molar-refractivity contribution in [3.63, 3.8) is 0 Å². The molecule has 2 aromatic carbocycles. The maximum Gasteiger partial charge on any atom is 0.349 e. The zero-order valence-corrected chi connectivity index (χ0v) is 19.5. The average molecular weight is 459 g/mol. The molecule has 0 saturated carbocycles. The van der Waals surface area contributed by atoms with E-state index in [1.807, 2.05) is 38.1 Å². The summed E-state index contributed by atoms with van der Waals surface area (Å²) in [5, 5.41) is 0.573. The largest absolute Gasteiger partial charge is 0.462 e. The summed E-state index contributed by atoms with van der Waals surface area (Å²) in [6, 6.07) is 15.5. The molecule has 0 unspecified atom stereocenters. The molecule has 1 aromatic heterocycles. The van der Waals surface area contributed by atoms with E-state index in [0.29, 0.717) is 25.0 Å². The average Bonchev–Trinajstić information content (AvgIpc) is 3.14. The molecule has 0 aliphatic carbocycles. The summed E-state index contributed by atoms with van der Waals surface area (Å²) in [5.74, 6) is -0.589. The van der Waals surface area contributed by atoms with E-state index >= 15 is 0 Å². The van der Waals surface area contributed by atoms with Crippen molar-refractivity contribution in [2.75, 3.05) is 31.1 Å². The lowest BCUT2D eigenvalue weighted by Gasteiger charge is -2.40. The standard InChI is InChI=1S/C23H26N2O4S2/c1-4-29-23(26)21-22(19-10-5-6-11-20(19)30-21)31(27,28)24-12-13-25(17(3)15-24)18-9-7-8-16(2)14-18/h5-11,14,17H,4,12-13,15H2,1-3H3/t17-/m1/s1. The molecule has 0 amide bonds. The van der Waals surface area contributed by atoms with Gasteiger partial charge < -0.3 is 9.64 Å². The van der Waals surface area contributed by atoms with Crippen molar-refractivity contribution in [2.45, 2.75) is 31.7 Å². The minimum Gasteiger partial charge on any atom is -0.462 e. The van der Waals surface area contributed by atoms with E-state index in [0.717, 1.165) is 10.4 Å². The van der Waals surface area contributed by atoms with Gasteiger partial charge in [-0.25, -0.2) is 13.2 Å². The third-order valence-electron chi connectivity index (χ3n) is 5.53. The highest BCUT2D eigenvalue weighted by Gasteiger charge is 2.37.